The molecule has 1 amide bonds. The number of hydrogen-bond donors (Lipinski definition) is 0. The van der Waals surface area contributed by atoms with Gasteiger partial charge in [0, 0.05) is 32.2 Å². The van der Waals surface area contributed by atoms with Crippen molar-refractivity contribution in [2.45, 2.75) is 32.7 Å². The zero-order chi connectivity index (χ0) is 16.2. The molecule has 0 unspecified atom stereocenters. The Kier molecular flexibility index (Phi) is 6.23. The maximum atomic E-state index is 12.3. The van der Waals surface area contributed by atoms with Crippen molar-refractivity contribution < 1.29 is 17.9 Å². The Balaban J connectivity index is 1.97. The van der Waals surface area contributed by atoms with Crippen LogP contribution >= 0.6 is 0 Å². The number of likely N-dealkylation sites (tertiary alicyclic amines) is 1. The lowest BCUT2D eigenvalue weighted by Gasteiger charge is -2.34. The van der Waals surface area contributed by atoms with Crippen molar-refractivity contribution in [3.63, 3.8) is 0 Å². The first-order valence-corrected chi connectivity index (χ1v) is 10.1. The summed E-state index contributed by atoms with van der Waals surface area (Å²) in [5.74, 6) is -0.0531. The quantitative estimate of drug-likeness (QED) is 0.703. The van der Waals surface area contributed by atoms with Gasteiger partial charge in [-0.2, -0.15) is 0 Å². The molecule has 0 saturated carbocycles. The Hall–Kier alpha value is -0.660. The predicted molar refractivity (Wildman–Crippen MR) is 85.5 cm³/mol. The molecule has 6 nitrogen and oxygen atoms in total. The lowest BCUT2D eigenvalue weighted by molar-refractivity contribution is -0.127. The molecule has 0 spiro atoms. The minimum Gasteiger partial charge on any atom is -0.379 e. The molecule has 22 heavy (non-hydrogen) atoms. The predicted octanol–water partition coefficient (Wildman–Crippen LogP) is 0.380. The van der Waals surface area contributed by atoms with E-state index in [4.69, 9.17) is 4.74 Å². The number of carbonyl (C=O) groups is 1. The van der Waals surface area contributed by atoms with Gasteiger partial charge in [-0.25, -0.2) is 8.42 Å². The molecule has 2 rings (SSSR count). The summed E-state index contributed by atoms with van der Waals surface area (Å²) in [6.07, 6.45) is 1.57. The number of nitrogens with zero attached hydrogens (tertiary/aromatic N) is 2. The van der Waals surface area contributed by atoms with E-state index < -0.39 is 9.84 Å². The summed E-state index contributed by atoms with van der Waals surface area (Å²) in [4.78, 5) is 16.5. The van der Waals surface area contributed by atoms with Crippen LogP contribution in [0.25, 0.3) is 0 Å². The van der Waals surface area contributed by atoms with E-state index in [1.807, 2.05) is 6.92 Å². The summed E-state index contributed by atoms with van der Waals surface area (Å²) in [6, 6.07) is 0.340. The fourth-order valence-electron chi connectivity index (χ4n) is 3.44. The van der Waals surface area contributed by atoms with Gasteiger partial charge >= 0.3 is 0 Å². The molecule has 2 saturated heterocycles. The Morgan fingerprint density at radius 2 is 1.86 bits per heavy atom. The number of hydrogen-bond acceptors (Lipinski definition) is 5. The second kappa shape index (κ2) is 7.75. The highest BCUT2D eigenvalue weighted by Crippen LogP contribution is 2.25. The van der Waals surface area contributed by atoms with Crippen molar-refractivity contribution in [2.24, 2.45) is 5.92 Å². The standard InChI is InChI=1S/C15H28N2O4S/c1-3-9-22(19,20)12-15(18)17-10-13(4-2)14(11-17)16-5-7-21-8-6-16/h13-14H,3-12H2,1-2H3/t13-,14-/m0/s1. The molecule has 7 heteroatoms. The molecular weight excluding hydrogens is 304 g/mol. The molecule has 2 fully saturated rings. The minimum atomic E-state index is -3.26. The van der Waals surface area contributed by atoms with Gasteiger partial charge in [-0.3, -0.25) is 9.69 Å². The van der Waals surface area contributed by atoms with E-state index >= 15 is 0 Å². The monoisotopic (exact) mass is 332 g/mol. The molecule has 2 heterocycles. The molecule has 0 bridgehead atoms. The highest BCUT2D eigenvalue weighted by molar-refractivity contribution is 7.92. The molecule has 2 aliphatic rings. The van der Waals surface area contributed by atoms with Crippen LogP contribution < -0.4 is 0 Å². The van der Waals surface area contributed by atoms with Crippen molar-refractivity contribution in [3.8, 4) is 0 Å². The molecule has 0 aromatic heterocycles. The maximum absolute atomic E-state index is 12.3. The van der Waals surface area contributed by atoms with E-state index in [-0.39, 0.29) is 17.4 Å². The van der Waals surface area contributed by atoms with Crippen molar-refractivity contribution in [1.29, 1.82) is 0 Å². The van der Waals surface area contributed by atoms with Crippen LogP contribution in [0.2, 0.25) is 0 Å². The van der Waals surface area contributed by atoms with Gasteiger partial charge in [0.25, 0.3) is 0 Å². The zero-order valence-electron chi connectivity index (χ0n) is 13.7. The fraction of sp³-hybridized carbons (Fsp3) is 0.933. The van der Waals surface area contributed by atoms with Crippen molar-refractivity contribution in [2.75, 3.05) is 50.9 Å². The molecule has 0 radical (unpaired) electrons. The maximum Gasteiger partial charge on any atom is 0.237 e. The molecule has 0 N–H and O–H groups in total. The van der Waals surface area contributed by atoms with Crippen LogP contribution in [-0.4, -0.2) is 81.1 Å². The van der Waals surface area contributed by atoms with Gasteiger partial charge in [0.1, 0.15) is 5.75 Å². The third-order valence-electron chi connectivity index (χ3n) is 4.66. The number of amides is 1. The molecule has 2 atom stereocenters. The number of morpholine rings is 1. The lowest BCUT2D eigenvalue weighted by Crippen LogP contribution is -2.47. The minimum absolute atomic E-state index is 0.0939. The van der Waals surface area contributed by atoms with Crippen LogP contribution in [0.5, 0.6) is 0 Å². The number of sulfone groups is 1. The van der Waals surface area contributed by atoms with Gasteiger partial charge in [0.2, 0.25) is 5.91 Å². The van der Waals surface area contributed by atoms with E-state index in [1.165, 1.54) is 0 Å². The molecule has 0 aromatic carbocycles. The first-order chi connectivity index (χ1) is 10.5. The normalized spacial score (nSPS) is 27.3. The van der Waals surface area contributed by atoms with Gasteiger partial charge in [-0.15, -0.1) is 0 Å². The second-order valence-electron chi connectivity index (χ2n) is 6.27. The summed E-state index contributed by atoms with van der Waals surface area (Å²) >= 11 is 0. The van der Waals surface area contributed by atoms with Gasteiger partial charge in [-0.1, -0.05) is 20.3 Å². The molecule has 128 valence electrons. The number of rotatable bonds is 6. The Labute approximate surface area is 133 Å². The summed E-state index contributed by atoms with van der Waals surface area (Å²) < 4.78 is 29.1. The highest BCUT2D eigenvalue weighted by Gasteiger charge is 2.38. The van der Waals surface area contributed by atoms with Crippen LogP contribution in [0.3, 0.4) is 0 Å². The van der Waals surface area contributed by atoms with Crippen LogP contribution in [0, 0.1) is 5.92 Å². The Morgan fingerprint density at radius 3 is 2.45 bits per heavy atom. The topological polar surface area (TPSA) is 66.9 Å². The van der Waals surface area contributed by atoms with Gasteiger partial charge < -0.3 is 9.64 Å². The van der Waals surface area contributed by atoms with Gasteiger partial charge in [0.15, 0.2) is 9.84 Å². The average Bonchev–Trinajstić information content (AvgIpc) is 2.92. The average molecular weight is 332 g/mol. The van der Waals surface area contributed by atoms with Crippen LogP contribution in [0.15, 0.2) is 0 Å². The third-order valence-corrected chi connectivity index (χ3v) is 6.37. The largest absolute Gasteiger partial charge is 0.379 e. The van der Waals surface area contributed by atoms with E-state index in [2.05, 4.69) is 11.8 Å². The zero-order valence-corrected chi connectivity index (χ0v) is 14.5. The molecule has 0 aliphatic carbocycles. The lowest BCUT2D eigenvalue weighted by atomic mass is 9.99. The summed E-state index contributed by atoms with van der Waals surface area (Å²) in [6.45, 7) is 8.57. The Morgan fingerprint density at radius 1 is 1.18 bits per heavy atom. The van der Waals surface area contributed by atoms with E-state index in [0.717, 1.165) is 32.7 Å². The first-order valence-electron chi connectivity index (χ1n) is 8.26. The fourth-order valence-corrected chi connectivity index (χ4v) is 4.77. The molecule has 2 aliphatic heterocycles. The first kappa shape index (κ1) is 17.7. The van der Waals surface area contributed by atoms with Crippen molar-refractivity contribution in [1.82, 2.24) is 9.80 Å². The Bertz CT molecular complexity index is 474. The summed E-state index contributed by atoms with van der Waals surface area (Å²) in [5.41, 5.74) is 0. The van der Waals surface area contributed by atoms with E-state index in [9.17, 15) is 13.2 Å². The van der Waals surface area contributed by atoms with Crippen LogP contribution in [0.4, 0.5) is 0 Å². The number of carbonyl (C=O) groups excluding carboxylic acids is 1. The summed E-state index contributed by atoms with van der Waals surface area (Å²) in [5, 5.41) is 0. The van der Waals surface area contributed by atoms with E-state index in [0.29, 0.717) is 31.5 Å². The highest BCUT2D eigenvalue weighted by atomic mass is 32.2. The van der Waals surface area contributed by atoms with Crippen molar-refractivity contribution >= 4 is 15.7 Å². The van der Waals surface area contributed by atoms with Gasteiger partial charge in [-0.05, 0) is 12.3 Å². The second-order valence-corrected chi connectivity index (χ2v) is 8.46. The molecular formula is C15H28N2O4S. The van der Waals surface area contributed by atoms with Gasteiger partial charge in [0.05, 0.1) is 19.0 Å². The number of ether oxygens (including phenoxy) is 1. The van der Waals surface area contributed by atoms with Crippen LogP contribution in [-0.2, 0) is 19.4 Å². The van der Waals surface area contributed by atoms with Crippen molar-refractivity contribution in [3.05, 3.63) is 0 Å². The smallest absolute Gasteiger partial charge is 0.237 e. The summed E-state index contributed by atoms with van der Waals surface area (Å²) in [7, 11) is -3.26. The van der Waals surface area contributed by atoms with E-state index in [1.54, 1.807) is 4.90 Å². The SMILES string of the molecule is CCCS(=O)(=O)CC(=O)N1C[C@H](CC)[C@@H](N2CCOCC2)C1. The molecule has 0 aromatic rings. The van der Waals surface area contributed by atoms with Crippen LogP contribution in [0.1, 0.15) is 26.7 Å². The third kappa shape index (κ3) is 4.43.